The van der Waals surface area contributed by atoms with Gasteiger partial charge in [-0.05, 0) is 135 Å². The number of hydrogen-bond donors (Lipinski definition) is 0. The van der Waals surface area contributed by atoms with Gasteiger partial charge in [-0.25, -0.2) is 0 Å². The fraction of sp³-hybridized carbons (Fsp3) is 0.588. The summed E-state index contributed by atoms with van der Waals surface area (Å²) in [5.74, 6) is -2.33. The van der Waals surface area contributed by atoms with Gasteiger partial charge in [-0.2, -0.15) is 0 Å². The van der Waals surface area contributed by atoms with Gasteiger partial charge >= 0.3 is 11.9 Å². The highest BCUT2D eigenvalue weighted by atomic mass is 16.7. The summed E-state index contributed by atoms with van der Waals surface area (Å²) in [6, 6.07) is 0. The van der Waals surface area contributed by atoms with Crippen molar-refractivity contribution in [1.82, 2.24) is 0 Å². The third-order valence-corrected chi connectivity index (χ3v) is 14.1. The fourth-order valence-electron chi connectivity index (χ4n) is 8.88. The van der Waals surface area contributed by atoms with Crippen molar-refractivity contribution in [2.75, 3.05) is 47.5 Å². The van der Waals surface area contributed by atoms with E-state index in [1.165, 1.54) is 64.2 Å². The summed E-state index contributed by atoms with van der Waals surface area (Å²) < 4.78 is 22.7. The molecule has 0 radical (unpaired) electrons. The predicted octanol–water partition coefficient (Wildman–Crippen LogP) is 20.7. The molecular weight excluding hydrogens is 1100 g/mol. The van der Waals surface area contributed by atoms with Gasteiger partial charge in [0, 0.05) is 12.8 Å². The molecule has 0 spiro atoms. The second kappa shape index (κ2) is 68.3. The van der Waals surface area contributed by atoms with Crippen LogP contribution in [0.1, 0.15) is 245 Å². The van der Waals surface area contributed by atoms with Crippen LogP contribution in [0.4, 0.5) is 0 Å². The van der Waals surface area contributed by atoms with Gasteiger partial charge in [0.1, 0.15) is 13.2 Å². The van der Waals surface area contributed by atoms with E-state index in [1.807, 2.05) is 21.1 Å². The highest BCUT2D eigenvalue weighted by molar-refractivity contribution is 5.70. The SMILES string of the molecule is CC/C=C\C/C=C\C/C=C\C/C=C\C/C=C\C/C=C\C/C=C\C/C=C\C/C=C\CCCCCCCCCCCCCCCC(=O)OC(COC(=O)CCCCCC/C=C\C/C=C\C/C=C\C/C=C\C/C=C\C/C=C\CC)COC(OCC[N+](C)(C)C)C(=O)[O-]. The topological polar surface area (TPSA) is 111 Å². The fourth-order valence-corrected chi connectivity index (χ4v) is 8.88. The number of carbonyl (C=O) groups is 3. The van der Waals surface area contributed by atoms with Crippen molar-refractivity contribution in [2.45, 2.75) is 257 Å². The Morgan fingerprint density at radius 3 is 0.899 bits per heavy atom. The maximum Gasteiger partial charge on any atom is 0.306 e. The molecule has 0 rings (SSSR count). The Hall–Kier alpha value is -5.61. The van der Waals surface area contributed by atoms with Crippen LogP contribution in [-0.2, 0) is 33.3 Å². The third-order valence-electron chi connectivity index (χ3n) is 14.1. The maximum atomic E-state index is 12.9. The van der Waals surface area contributed by atoms with E-state index in [1.54, 1.807) is 0 Å². The van der Waals surface area contributed by atoms with Crippen molar-refractivity contribution in [3.8, 4) is 0 Å². The van der Waals surface area contributed by atoms with Gasteiger partial charge in [0.15, 0.2) is 12.4 Å². The summed E-state index contributed by atoms with van der Waals surface area (Å²) in [5, 5.41) is 11.8. The molecular formula is C80H127NO8. The lowest BCUT2D eigenvalue weighted by Gasteiger charge is -2.26. The highest BCUT2D eigenvalue weighted by Crippen LogP contribution is 2.15. The molecule has 0 aliphatic heterocycles. The number of ether oxygens (including phenoxy) is 4. The van der Waals surface area contributed by atoms with Crippen LogP contribution in [0.3, 0.4) is 0 Å². The quantitative estimate of drug-likeness (QED) is 0.0195. The molecule has 0 saturated carbocycles. The third kappa shape index (κ3) is 69.7. The summed E-state index contributed by atoms with van der Waals surface area (Å²) in [6.07, 6.45) is 101. The van der Waals surface area contributed by atoms with E-state index >= 15 is 0 Å². The Morgan fingerprint density at radius 2 is 0.607 bits per heavy atom. The molecule has 9 heteroatoms. The van der Waals surface area contributed by atoms with Crippen LogP contribution >= 0.6 is 0 Å². The van der Waals surface area contributed by atoms with Gasteiger partial charge < -0.3 is 33.3 Å². The molecule has 2 unspecified atom stereocenters. The molecule has 89 heavy (non-hydrogen) atoms. The van der Waals surface area contributed by atoms with Crippen molar-refractivity contribution >= 4 is 17.9 Å². The lowest BCUT2D eigenvalue weighted by Crippen LogP contribution is -2.44. The van der Waals surface area contributed by atoms with Crippen molar-refractivity contribution < 1.29 is 42.9 Å². The molecule has 0 fully saturated rings. The summed E-state index contributed by atoms with van der Waals surface area (Å²) in [7, 11) is 5.91. The van der Waals surface area contributed by atoms with E-state index in [0.717, 1.165) is 141 Å². The molecule has 0 bridgehead atoms. The molecule has 0 N–H and O–H groups in total. The van der Waals surface area contributed by atoms with Crippen LogP contribution < -0.4 is 5.11 Å². The normalized spacial score (nSPS) is 13.9. The van der Waals surface area contributed by atoms with Crippen molar-refractivity contribution in [1.29, 1.82) is 0 Å². The second-order valence-corrected chi connectivity index (χ2v) is 23.7. The molecule has 500 valence electrons. The number of esters is 2. The molecule has 0 heterocycles. The van der Waals surface area contributed by atoms with Gasteiger partial charge in [-0.3, -0.25) is 9.59 Å². The molecule has 0 amide bonds. The number of carboxylic acids is 1. The summed E-state index contributed by atoms with van der Waals surface area (Å²) in [5.41, 5.74) is 0. The van der Waals surface area contributed by atoms with Crippen molar-refractivity contribution in [2.24, 2.45) is 0 Å². The molecule has 0 aromatic heterocycles. The van der Waals surface area contributed by atoms with E-state index in [9.17, 15) is 19.5 Å². The lowest BCUT2D eigenvalue weighted by atomic mass is 10.0. The highest BCUT2D eigenvalue weighted by Gasteiger charge is 2.22. The first-order valence-corrected chi connectivity index (χ1v) is 34.9. The minimum Gasteiger partial charge on any atom is -0.545 e. The lowest BCUT2D eigenvalue weighted by molar-refractivity contribution is -0.870. The number of likely N-dealkylation sites (N-methyl/N-ethyl adjacent to an activating group) is 1. The van der Waals surface area contributed by atoms with Crippen molar-refractivity contribution in [3.05, 3.63) is 182 Å². The first kappa shape index (κ1) is 83.4. The van der Waals surface area contributed by atoms with Crippen LogP contribution in [0, 0.1) is 0 Å². The number of allylic oxidation sites excluding steroid dienone is 30. The second-order valence-electron chi connectivity index (χ2n) is 23.7. The van der Waals surface area contributed by atoms with Gasteiger partial charge in [0.05, 0.1) is 40.3 Å². The van der Waals surface area contributed by atoms with Crippen LogP contribution in [0.15, 0.2) is 182 Å². The average molecular weight is 1230 g/mol. The molecule has 0 aromatic rings. The van der Waals surface area contributed by atoms with Crippen LogP contribution in [0.5, 0.6) is 0 Å². The molecule has 0 aromatic carbocycles. The van der Waals surface area contributed by atoms with Gasteiger partial charge in [0.2, 0.25) is 0 Å². The summed E-state index contributed by atoms with van der Waals surface area (Å²) in [6.45, 7) is 4.47. The number of aliphatic carboxylic acids is 1. The molecule has 0 saturated heterocycles. The summed E-state index contributed by atoms with van der Waals surface area (Å²) >= 11 is 0. The molecule has 0 aliphatic carbocycles. The van der Waals surface area contributed by atoms with Gasteiger partial charge in [-0.15, -0.1) is 0 Å². The monoisotopic (exact) mass is 1230 g/mol. The van der Waals surface area contributed by atoms with Crippen LogP contribution in [-0.4, -0.2) is 82.3 Å². The van der Waals surface area contributed by atoms with Gasteiger partial charge in [-0.1, -0.05) is 280 Å². The van der Waals surface area contributed by atoms with E-state index in [-0.39, 0.29) is 38.6 Å². The first-order chi connectivity index (χ1) is 43.6. The minimum absolute atomic E-state index is 0.134. The van der Waals surface area contributed by atoms with E-state index in [0.29, 0.717) is 23.9 Å². The Bertz CT molecular complexity index is 2120. The maximum absolute atomic E-state index is 12.9. The minimum atomic E-state index is -1.64. The Labute approximate surface area is 545 Å². The molecule has 2 atom stereocenters. The standard InChI is InChI=1S/C80H127NO8/c1-6-8-10-12-14-16-18-20-22-24-26-28-30-31-32-33-34-35-36-37-38-39-40-41-42-43-44-45-46-47-49-51-53-55-57-59-61-63-65-67-69-71-78(83)89-76(75-88-80(79(84)85)86-73-72-81(3,4)5)74-87-77(82)70-68-66-64-62-60-58-56-54-52-50-48-29-27-25-23-21-19-17-15-13-11-9-7-2/h8-11,14-17,20-23,26-29,31-32,34-35,37-38,40-41,43-44,50,52,56,58,76,80H,6-7,12-13,18-19,24-25,30,33,36,39,42,45-49,51,53-55,57,59-75H2,1-5H3/b10-8-,11-9-,16-14-,17-15-,22-20-,23-21-,28-26-,29-27-,32-31-,35-34-,38-37-,41-40-,44-43-,52-50-,58-56-. The first-order valence-electron chi connectivity index (χ1n) is 34.9. The number of rotatable bonds is 62. The average Bonchev–Trinajstić information content (AvgIpc) is 3.64. The number of carbonyl (C=O) groups excluding carboxylic acids is 3. The van der Waals surface area contributed by atoms with Crippen LogP contribution in [0.25, 0.3) is 0 Å². The molecule has 0 aliphatic rings. The van der Waals surface area contributed by atoms with Crippen LogP contribution in [0.2, 0.25) is 0 Å². The Balaban J connectivity index is 4.17. The largest absolute Gasteiger partial charge is 0.545 e. The Kier molecular flexibility index (Phi) is 64.0. The van der Waals surface area contributed by atoms with E-state index < -0.39 is 24.3 Å². The predicted molar refractivity (Wildman–Crippen MR) is 379 cm³/mol. The number of hydrogen-bond acceptors (Lipinski definition) is 8. The zero-order chi connectivity index (χ0) is 64.7. The van der Waals surface area contributed by atoms with E-state index in [2.05, 4.69) is 196 Å². The Morgan fingerprint density at radius 1 is 0.337 bits per heavy atom. The number of carboxylic acid groups (broad SMARTS) is 1. The number of nitrogens with zero attached hydrogens (tertiary/aromatic N) is 1. The van der Waals surface area contributed by atoms with Gasteiger partial charge in [0.25, 0.3) is 0 Å². The summed E-state index contributed by atoms with van der Waals surface area (Å²) in [4.78, 5) is 37.5. The van der Waals surface area contributed by atoms with Crippen molar-refractivity contribution in [3.63, 3.8) is 0 Å². The smallest absolute Gasteiger partial charge is 0.306 e. The van der Waals surface area contributed by atoms with E-state index in [4.69, 9.17) is 18.9 Å². The number of quaternary nitrogens is 1. The molecule has 9 nitrogen and oxygen atoms in total. The number of unbranched alkanes of at least 4 members (excludes halogenated alkanes) is 17. The zero-order valence-corrected chi connectivity index (χ0v) is 57.0. The zero-order valence-electron chi connectivity index (χ0n) is 57.0.